The van der Waals surface area contributed by atoms with Gasteiger partial charge in [-0.05, 0) is 13.3 Å². The van der Waals surface area contributed by atoms with Gasteiger partial charge in [0.1, 0.15) is 6.54 Å². The number of amides is 1. The zero-order valence-electron chi connectivity index (χ0n) is 12.5. The van der Waals surface area contributed by atoms with Gasteiger partial charge in [0.05, 0.1) is 14.2 Å². The van der Waals surface area contributed by atoms with Crippen LogP contribution >= 0.6 is 0 Å². The predicted octanol–water partition coefficient (Wildman–Crippen LogP) is -0.0599. The maximum absolute atomic E-state index is 12.3. The monoisotopic (exact) mass is 311 g/mol. The number of rotatable bonds is 7. The van der Waals surface area contributed by atoms with Crippen molar-refractivity contribution < 1.29 is 33.8 Å². The molecule has 0 saturated heterocycles. The van der Waals surface area contributed by atoms with Gasteiger partial charge in [-0.2, -0.15) is 0 Å². The molecule has 0 aromatic heterocycles. The molecule has 0 saturated carbocycles. The summed E-state index contributed by atoms with van der Waals surface area (Å²) in [4.78, 5) is 46.2. The van der Waals surface area contributed by atoms with Crippen molar-refractivity contribution in [3.05, 3.63) is 22.7 Å². The number of carboxylic acid groups (broad SMARTS) is 1. The molecule has 0 bridgehead atoms. The van der Waals surface area contributed by atoms with Crippen molar-refractivity contribution in [1.82, 2.24) is 5.32 Å². The van der Waals surface area contributed by atoms with Crippen LogP contribution in [-0.2, 0) is 28.7 Å². The van der Waals surface area contributed by atoms with E-state index in [1.807, 2.05) is 0 Å². The molecule has 1 aliphatic rings. The molecule has 0 unspecified atom stereocenters. The summed E-state index contributed by atoms with van der Waals surface area (Å²) in [7, 11) is 2.54. The van der Waals surface area contributed by atoms with E-state index in [-0.39, 0.29) is 35.5 Å². The van der Waals surface area contributed by atoms with Crippen LogP contribution in [0.1, 0.15) is 19.8 Å². The highest BCUT2D eigenvalue weighted by atomic mass is 16.5. The Morgan fingerprint density at radius 2 is 1.68 bits per heavy atom. The average molecular weight is 311 g/mol. The highest BCUT2D eigenvalue weighted by Gasteiger charge is 2.34. The largest absolute Gasteiger partial charge is 0.492 e. The third-order valence-electron chi connectivity index (χ3n) is 3.09. The molecule has 22 heavy (non-hydrogen) atoms. The fourth-order valence-electron chi connectivity index (χ4n) is 2.01. The molecule has 1 amide bonds. The third-order valence-corrected chi connectivity index (χ3v) is 3.09. The second kappa shape index (κ2) is 7.39. The number of hydrogen-bond acceptors (Lipinski definition) is 6. The zero-order chi connectivity index (χ0) is 16.9. The van der Waals surface area contributed by atoms with Gasteiger partial charge in [-0.3, -0.25) is 19.2 Å². The number of methoxy groups -OCH3 is 2. The zero-order valence-corrected chi connectivity index (χ0v) is 12.5. The summed E-state index contributed by atoms with van der Waals surface area (Å²) < 4.78 is 9.91. The Labute approximate surface area is 126 Å². The van der Waals surface area contributed by atoms with Crippen LogP contribution in [0, 0.1) is 0 Å². The molecule has 0 aromatic carbocycles. The lowest BCUT2D eigenvalue weighted by Crippen LogP contribution is -2.30. The van der Waals surface area contributed by atoms with Crippen LogP contribution < -0.4 is 5.32 Å². The number of ether oxygens (including phenoxy) is 2. The van der Waals surface area contributed by atoms with E-state index >= 15 is 0 Å². The van der Waals surface area contributed by atoms with Gasteiger partial charge < -0.3 is 19.9 Å². The van der Waals surface area contributed by atoms with Crippen molar-refractivity contribution in [1.29, 1.82) is 0 Å². The van der Waals surface area contributed by atoms with E-state index in [9.17, 15) is 19.2 Å². The first-order chi connectivity index (χ1) is 10.3. The number of carbonyl (C=O) groups is 4. The Balaban J connectivity index is 2.89. The van der Waals surface area contributed by atoms with Crippen molar-refractivity contribution in [3.63, 3.8) is 0 Å². The van der Waals surface area contributed by atoms with Gasteiger partial charge in [0.15, 0.2) is 11.5 Å². The molecule has 0 atom stereocenters. The van der Waals surface area contributed by atoms with Crippen LogP contribution in [0.2, 0.25) is 0 Å². The molecule has 0 heterocycles. The Morgan fingerprint density at radius 1 is 1.09 bits per heavy atom. The van der Waals surface area contributed by atoms with Crippen LogP contribution in [0.25, 0.3) is 0 Å². The van der Waals surface area contributed by atoms with E-state index in [1.165, 1.54) is 21.1 Å². The number of ketones is 2. The topological polar surface area (TPSA) is 119 Å². The van der Waals surface area contributed by atoms with Gasteiger partial charge in [-0.15, -0.1) is 0 Å². The van der Waals surface area contributed by atoms with E-state index in [0.717, 1.165) is 0 Å². The quantitative estimate of drug-likeness (QED) is 0.632. The lowest BCUT2D eigenvalue weighted by molar-refractivity contribution is -0.138. The van der Waals surface area contributed by atoms with Crippen molar-refractivity contribution in [2.45, 2.75) is 19.8 Å². The molecule has 8 nitrogen and oxygen atoms in total. The number of carbonyl (C=O) groups excluding carboxylic acids is 3. The van der Waals surface area contributed by atoms with Crippen molar-refractivity contribution in [2.75, 3.05) is 20.8 Å². The number of aliphatic carboxylic acids is 1. The fraction of sp³-hybridized carbons (Fsp3) is 0.429. The van der Waals surface area contributed by atoms with Crippen LogP contribution in [0.3, 0.4) is 0 Å². The van der Waals surface area contributed by atoms with Crippen molar-refractivity contribution >= 4 is 23.4 Å². The molecule has 0 radical (unpaired) electrons. The second-order valence-corrected chi connectivity index (χ2v) is 4.50. The fourth-order valence-corrected chi connectivity index (χ4v) is 2.01. The summed E-state index contributed by atoms with van der Waals surface area (Å²) in [5, 5.41) is 10.6. The number of Topliss-reactive ketones (excluding diaryl/α,β-unsaturated/α-hetero) is 2. The SMILES string of the molecule is COC1=C(C)C(=O)C(OC)=C(CCC(=O)NCC(=O)O)C1=O. The minimum Gasteiger partial charge on any atom is -0.492 e. The highest BCUT2D eigenvalue weighted by molar-refractivity contribution is 6.23. The Morgan fingerprint density at radius 3 is 2.18 bits per heavy atom. The third kappa shape index (κ3) is 3.72. The molecule has 1 aliphatic carbocycles. The Bertz CT molecular complexity index is 586. The Hall–Kier alpha value is -2.64. The number of nitrogens with one attached hydrogen (secondary N) is 1. The molecule has 1 rings (SSSR count). The summed E-state index contributed by atoms with van der Waals surface area (Å²) in [6.07, 6.45) is -0.204. The molecule has 2 N–H and O–H groups in total. The van der Waals surface area contributed by atoms with E-state index in [1.54, 1.807) is 0 Å². The lowest BCUT2D eigenvalue weighted by atomic mass is 9.91. The van der Waals surface area contributed by atoms with Gasteiger partial charge >= 0.3 is 5.97 Å². The number of hydrogen-bond donors (Lipinski definition) is 2. The van der Waals surface area contributed by atoms with Gasteiger partial charge in [0.2, 0.25) is 17.5 Å². The molecular weight excluding hydrogens is 294 g/mol. The van der Waals surface area contributed by atoms with E-state index in [2.05, 4.69) is 5.32 Å². The summed E-state index contributed by atoms with van der Waals surface area (Å²) in [6, 6.07) is 0. The molecule has 0 spiro atoms. The van der Waals surface area contributed by atoms with E-state index in [0.29, 0.717) is 0 Å². The van der Waals surface area contributed by atoms with Crippen LogP contribution in [0.15, 0.2) is 22.7 Å². The summed E-state index contributed by atoms with van der Waals surface area (Å²) in [6.45, 7) is 0.943. The Kier molecular flexibility index (Phi) is 5.85. The first-order valence-electron chi connectivity index (χ1n) is 6.43. The van der Waals surface area contributed by atoms with Crippen LogP contribution in [0.5, 0.6) is 0 Å². The number of allylic oxidation sites excluding steroid dienone is 2. The highest BCUT2D eigenvalue weighted by Crippen LogP contribution is 2.28. The van der Waals surface area contributed by atoms with Crippen molar-refractivity contribution in [3.8, 4) is 0 Å². The van der Waals surface area contributed by atoms with Gasteiger partial charge in [-0.1, -0.05) is 0 Å². The van der Waals surface area contributed by atoms with Crippen molar-refractivity contribution in [2.24, 2.45) is 0 Å². The first kappa shape index (κ1) is 17.4. The maximum atomic E-state index is 12.3. The minimum atomic E-state index is -1.17. The summed E-state index contributed by atoms with van der Waals surface area (Å²) in [5.41, 5.74) is 0.184. The molecule has 8 heteroatoms. The standard InChI is InChI=1S/C14H17NO7/c1-7-11(19)14(22-3)8(12(20)13(7)21-2)4-5-9(16)15-6-10(17)18/h4-6H2,1-3H3,(H,15,16)(H,17,18). The maximum Gasteiger partial charge on any atom is 0.322 e. The smallest absolute Gasteiger partial charge is 0.322 e. The second-order valence-electron chi connectivity index (χ2n) is 4.50. The summed E-state index contributed by atoms with van der Waals surface area (Å²) in [5.74, 6) is -2.89. The van der Waals surface area contributed by atoms with Crippen LogP contribution in [-0.4, -0.2) is 49.3 Å². The average Bonchev–Trinajstić information content (AvgIpc) is 2.47. The molecule has 0 aromatic rings. The van der Waals surface area contributed by atoms with Gasteiger partial charge in [0.25, 0.3) is 0 Å². The normalized spacial score (nSPS) is 15.0. The molecular formula is C14H17NO7. The molecule has 0 fully saturated rings. The van der Waals surface area contributed by atoms with E-state index < -0.39 is 30.0 Å². The minimum absolute atomic E-state index is 0.0421. The lowest BCUT2D eigenvalue weighted by Gasteiger charge is -2.20. The first-order valence-corrected chi connectivity index (χ1v) is 6.43. The predicted molar refractivity (Wildman–Crippen MR) is 73.6 cm³/mol. The van der Waals surface area contributed by atoms with E-state index in [4.69, 9.17) is 14.6 Å². The van der Waals surface area contributed by atoms with Gasteiger partial charge in [0, 0.05) is 17.6 Å². The molecule has 120 valence electrons. The van der Waals surface area contributed by atoms with Crippen LogP contribution in [0.4, 0.5) is 0 Å². The van der Waals surface area contributed by atoms with Gasteiger partial charge in [-0.25, -0.2) is 0 Å². The molecule has 0 aliphatic heterocycles. The number of carboxylic acids is 1. The summed E-state index contributed by atoms with van der Waals surface area (Å²) >= 11 is 0.